The van der Waals surface area contributed by atoms with Gasteiger partial charge >= 0.3 is 0 Å². The Morgan fingerprint density at radius 3 is 2.70 bits per heavy atom. The second kappa shape index (κ2) is 8.97. The number of aryl methyl sites for hydroxylation is 2. The Hall–Kier alpha value is -3.76. The highest BCUT2D eigenvalue weighted by Crippen LogP contribution is 2.38. The third-order valence-corrected chi connectivity index (χ3v) is 7.76. The predicted octanol–water partition coefficient (Wildman–Crippen LogP) is 2.85. The van der Waals surface area contributed by atoms with E-state index in [0.29, 0.717) is 41.3 Å². The molecule has 10 nitrogen and oxygen atoms in total. The maximum Gasteiger partial charge on any atom is 0.275 e. The van der Waals surface area contributed by atoms with Gasteiger partial charge < -0.3 is 20.2 Å². The molecule has 4 aromatic rings. The number of nitrogens with one attached hydrogen (secondary N) is 2. The first-order valence-electron chi connectivity index (χ1n) is 12.9. The van der Waals surface area contributed by atoms with Crippen LogP contribution in [0.15, 0.2) is 41.3 Å². The molecule has 1 aliphatic carbocycles. The minimum absolute atomic E-state index is 0.290. The van der Waals surface area contributed by atoms with Crippen LogP contribution in [0.4, 0.5) is 17.3 Å². The van der Waals surface area contributed by atoms with Gasteiger partial charge in [0.15, 0.2) is 11.5 Å². The zero-order valence-corrected chi connectivity index (χ0v) is 21.5. The molecule has 0 bridgehead atoms. The van der Waals surface area contributed by atoms with Gasteiger partial charge in [-0.05, 0) is 68.6 Å². The van der Waals surface area contributed by atoms with E-state index >= 15 is 0 Å². The number of piperazine rings is 1. The molecular weight excluding hydrogens is 468 g/mol. The molecule has 1 aromatic carbocycles. The largest absolute Gasteiger partial charge is 0.384 e. The van der Waals surface area contributed by atoms with Gasteiger partial charge in [-0.1, -0.05) is 13.0 Å². The van der Waals surface area contributed by atoms with Crippen molar-refractivity contribution in [1.29, 1.82) is 0 Å². The first-order valence-corrected chi connectivity index (χ1v) is 12.9. The van der Waals surface area contributed by atoms with Crippen LogP contribution in [0.1, 0.15) is 36.6 Å². The van der Waals surface area contributed by atoms with Gasteiger partial charge in [0.25, 0.3) is 5.56 Å². The smallest absolute Gasteiger partial charge is 0.275 e. The fourth-order valence-corrected chi connectivity index (χ4v) is 5.42. The van der Waals surface area contributed by atoms with Crippen molar-refractivity contribution in [3.8, 4) is 5.82 Å². The van der Waals surface area contributed by atoms with Crippen molar-refractivity contribution < 1.29 is 5.11 Å². The standard InChI is InChI=1S/C27H32N8O2/c1-4-27(37)10-9-18-5-8-22(30-23(18)27)35-24-20(25(36)32-35)16-28-26(31-24)29-19-6-7-21(17(2)15-19)34-13-11-33(3)12-14-34/h5-8,15-16,37H,4,9-14H2,1-3H3,(H,32,36)(H,28,29,31). The molecule has 0 amide bonds. The number of aliphatic hydroxyl groups is 1. The highest BCUT2D eigenvalue weighted by atomic mass is 16.3. The molecule has 4 heterocycles. The SMILES string of the molecule is CCC1(O)CCc2ccc(-n3[nH]c(=O)c4cnc(Nc5ccc(N6CCN(C)CC6)c(C)c5)nc43)nc21. The van der Waals surface area contributed by atoms with E-state index in [2.05, 4.69) is 56.3 Å². The average Bonchev–Trinajstić information content (AvgIpc) is 3.41. The molecule has 3 N–H and O–H groups in total. The maximum absolute atomic E-state index is 12.7. The molecule has 10 heteroatoms. The van der Waals surface area contributed by atoms with Crippen molar-refractivity contribution in [2.45, 2.75) is 38.7 Å². The Bertz CT molecular complexity index is 1540. The molecule has 1 saturated heterocycles. The molecule has 1 fully saturated rings. The Kier molecular flexibility index (Phi) is 5.73. The highest BCUT2D eigenvalue weighted by Gasteiger charge is 2.37. The molecule has 3 aromatic heterocycles. The number of hydrogen-bond donors (Lipinski definition) is 3. The van der Waals surface area contributed by atoms with Gasteiger partial charge in [0.2, 0.25) is 5.95 Å². The van der Waals surface area contributed by atoms with E-state index in [9.17, 15) is 9.90 Å². The number of likely N-dealkylation sites (N-methyl/N-ethyl adjacent to an activating group) is 1. The van der Waals surface area contributed by atoms with Crippen LogP contribution >= 0.6 is 0 Å². The fourth-order valence-electron chi connectivity index (χ4n) is 5.42. The summed E-state index contributed by atoms with van der Waals surface area (Å²) in [6.07, 6.45) is 3.56. The van der Waals surface area contributed by atoms with Gasteiger partial charge in [-0.3, -0.25) is 9.89 Å². The van der Waals surface area contributed by atoms with E-state index in [0.717, 1.165) is 43.9 Å². The summed E-state index contributed by atoms with van der Waals surface area (Å²) in [5.74, 6) is 0.898. The Morgan fingerprint density at radius 2 is 1.95 bits per heavy atom. The normalized spacial score (nSPS) is 19.9. The van der Waals surface area contributed by atoms with Crippen LogP contribution in [0.3, 0.4) is 0 Å². The third kappa shape index (κ3) is 4.15. The maximum atomic E-state index is 12.7. The summed E-state index contributed by atoms with van der Waals surface area (Å²) >= 11 is 0. The number of aromatic nitrogens is 5. The van der Waals surface area contributed by atoms with Crippen LogP contribution in [0.25, 0.3) is 16.9 Å². The van der Waals surface area contributed by atoms with Crippen molar-refractivity contribution in [2.75, 3.05) is 43.4 Å². The summed E-state index contributed by atoms with van der Waals surface area (Å²) in [6, 6.07) is 10.1. The summed E-state index contributed by atoms with van der Waals surface area (Å²) < 4.78 is 1.57. The topological polar surface area (TPSA) is 115 Å². The zero-order chi connectivity index (χ0) is 25.7. The summed E-state index contributed by atoms with van der Waals surface area (Å²) in [6.45, 7) is 8.22. The van der Waals surface area contributed by atoms with E-state index in [-0.39, 0.29) is 5.56 Å². The summed E-state index contributed by atoms with van der Waals surface area (Å²) in [5.41, 5.74) is 4.22. The highest BCUT2D eigenvalue weighted by molar-refractivity contribution is 5.77. The first kappa shape index (κ1) is 23.6. The van der Waals surface area contributed by atoms with Crippen molar-refractivity contribution in [3.63, 3.8) is 0 Å². The number of rotatable bonds is 5. The number of anilines is 3. The van der Waals surface area contributed by atoms with Crippen molar-refractivity contribution in [3.05, 3.63) is 63.7 Å². The second-order valence-corrected chi connectivity index (χ2v) is 10.2. The predicted molar refractivity (Wildman–Crippen MR) is 144 cm³/mol. The molecule has 6 rings (SSSR count). The number of hydrogen-bond acceptors (Lipinski definition) is 8. The van der Waals surface area contributed by atoms with Crippen LogP contribution in [-0.2, 0) is 12.0 Å². The summed E-state index contributed by atoms with van der Waals surface area (Å²) in [7, 11) is 2.16. The van der Waals surface area contributed by atoms with Gasteiger partial charge in [-0.2, -0.15) is 4.98 Å². The minimum atomic E-state index is -0.940. The molecule has 0 spiro atoms. The van der Waals surface area contributed by atoms with Crippen molar-refractivity contribution in [1.82, 2.24) is 29.6 Å². The van der Waals surface area contributed by atoms with Gasteiger partial charge in [0, 0.05) is 43.8 Å². The Balaban J connectivity index is 1.31. The van der Waals surface area contributed by atoms with Gasteiger partial charge in [-0.15, -0.1) is 0 Å². The van der Waals surface area contributed by atoms with Crippen LogP contribution in [0.5, 0.6) is 0 Å². The summed E-state index contributed by atoms with van der Waals surface area (Å²) in [4.78, 5) is 31.2. The number of benzene rings is 1. The number of H-pyrrole nitrogens is 1. The monoisotopic (exact) mass is 500 g/mol. The lowest BCUT2D eigenvalue weighted by Gasteiger charge is -2.35. The molecule has 1 aliphatic heterocycles. The molecular formula is C27H32N8O2. The first-order chi connectivity index (χ1) is 17.8. The molecule has 192 valence electrons. The lowest BCUT2D eigenvalue weighted by Crippen LogP contribution is -2.44. The minimum Gasteiger partial charge on any atom is -0.384 e. The van der Waals surface area contributed by atoms with Crippen LogP contribution in [-0.4, -0.2) is 68.0 Å². The van der Waals surface area contributed by atoms with Crippen molar-refractivity contribution >= 4 is 28.4 Å². The molecule has 0 radical (unpaired) electrons. The van der Waals surface area contributed by atoms with E-state index < -0.39 is 5.60 Å². The third-order valence-electron chi connectivity index (χ3n) is 7.76. The Labute approximate surface area is 215 Å². The second-order valence-electron chi connectivity index (χ2n) is 10.2. The number of pyridine rings is 1. The lowest BCUT2D eigenvalue weighted by molar-refractivity contribution is 0.0306. The molecule has 1 atom stereocenters. The van der Waals surface area contributed by atoms with E-state index in [4.69, 9.17) is 4.98 Å². The molecule has 1 unspecified atom stereocenters. The van der Waals surface area contributed by atoms with Gasteiger partial charge in [-0.25, -0.2) is 14.6 Å². The fraction of sp³-hybridized carbons (Fsp3) is 0.407. The van der Waals surface area contributed by atoms with E-state index in [1.54, 1.807) is 4.68 Å². The number of fused-ring (bicyclic) bond motifs is 2. The van der Waals surface area contributed by atoms with Gasteiger partial charge in [0.1, 0.15) is 11.0 Å². The molecule has 2 aliphatic rings. The zero-order valence-electron chi connectivity index (χ0n) is 21.5. The van der Waals surface area contributed by atoms with Crippen LogP contribution in [0.2, 0.25) is 0 Å². The molecule has 0 saturated carbocycles. The van der Waals surface area contributed by atoms with Crippen LogP contribution in [0, 0.1) is 6.92 Å². The van der Waals surface area contributed by atoms with Crippen molar-refractivity contribution in [2.24, 2.45) is 0 Å². The number of nitrogens with zero attached hydrogens (tertiary/aromatic N) is 6. The lowest BCUT2D eigenvalue weighted by atomic mass is 9.98. The molecule has 37 heavy (non-hydrogen) atoms. The summed E-state index contributed by atoms with van der Waals surface area (Å²) in [5, 5.41) is 17.5. The van der Waals surface area contributed by atoms with Gasteiger partial charge in [0.05, 0.1) is 5.69 Å². The van der Waals surface area contributed by atoms with E-state index in [1.807, 2.05) is 25.1 Å². The quantitative estimate of drug-likeness (QED) is 0.383. The number of aromatic amines is 1. The average molecular weight is 501 g/mol. The Morgan fingerprint density at radius 1 is 1.14 bits per heavy atom. The van der Waals surface area contributed by atoms with Crippen LogP contribution < -0.4 is 15.8 Å². The van der Waals surface area contributed by atoms with E-state index in [1.165, 1.54) is 17.4 Å².